The lowest BCUT2D eigenvalue weighted by molar-refractivity contribution is 0.0696. The van der Waals surface area contributed by atoms with Gasteiger partial charge in [0.15, 0.2) is 0 Å². The maximum Gasteiger partial charge on any atom is 0.338 e. The van der Waals surface area contributed by atoms with Crippen molar-refractivity contribution in [3.8, 4) is 0 Å². The number of fused-ring (bicyclic) bond motifs is 1. The van der Waals surface area contributed by atoms with Gasteiger partial charge in [0.25, 0.3) is 5.56 Å². The third-order valence-corrected chi connectivity index (χ3v) is 4.97. The lowest BCUT2D eigenvalue weighted by atomic mass is 9.98. The van der Waals surface area contributed by atoms with E-state index in [4.69, 9.17) is 0 Å². The van der Waals surface area contributed by atoms with E-state index in [9.17, 15) is 19.1 Å². The number of nitrogens with one attached hydrogen (secondary N) is 1. The molecule has 6 heteroatoms. The van der Waals surface area contributed by atoms with Gasteiger partial charge in [-0.25, -0.2) is 9.18 Å². The van der Waals surface area contributed by atoms with Crippen molar-refractivity contribution in [3.63, 3.8) is 0 Å². The number of nitrogens with zero attached hydrogens (tertiary/aromatic N) is 1. The Labute approximate surface area is 139 Å². The number of carbonyl (C=O) groups is 1. The topological polar surface area (TPSA) is 71.3 Å². The smallest absolute Gasteiger partial charge is 0.338 e. The fourth-order valence-corrected chi connectivity index (χ4v) is 3.89. The van der Waals surface area contributed by atoms with Crippen LogP contribution in [0.2, 0.25) is 0 Å². The number of rotatable bonds is 4. The van der Waals surface area contributed by atoms with Crippen LogP contribution in [-0.4, -0.2) is 28.2 Å². The second-order valence-corrected chi connectivity index (χ2v) is 6.28. The molecule has 1 saturated heterocycles. The van der Waals surface area contributed by atoms with Crippen LogP contribution in [0.5, 0.6) is 0 Å². The molecule has 1 fully saturated rings. The summed E-state index contributed by atoms with van der Waals surface area (Å²) in [6, 6.07) is 4.03. The molecule has 0 spiro atoms. The molecule has 1 aliphatic rings. The minimum absolute atomic E-state index is 0.000506. The maximum absolute atomic E-state index is 14.3. The Balaban J connectivity index is 2.37. The Hall–Kier alpha value is -2.21. The van der Waals surface area contributed by atoms with Crippen LogP contribution in [0.1, 0.15) is 48.3 Å². The van der Waals surface area contributed by atoms with Gasteiger partial charge in [0, 0.05) is 17.1 Å². The molecule has 128 valence electrons. The molecular weight excluding hydrogens is 311 g/mol. The van der Waals surface area contributed by atoms with Crippen LogP contribution >= 0.6 is 0 Å². The van der Waals surface area contributed by atoms with Crippen LogP contribution in [0, 0.1) is 12.7 Å². The molecule has 0 saturated carbocycles. The fraction of sp³-hybridized carbons (Fsp3) is 0.444. The zero-order valence-corrected chi connectivity index (χ0v) is 13.8. The Morgan fingerprint density at radius 3 is 2.83 bits per heavy atom. The Kier molecular flexibility index (Phi) is 4.41. The molecule has 1 aromatic heterocycles. The molecule has 0 amide bonds. The first-order chi connectivity index (χ1) is 11.5. The van der Waals surface area contributed by atoms with Gasteiger partial charge in [-0.1, -0.05) is 19.1 Å². The van der Waals surface area contributed by atoms with E-state index in [1.807, 2.05) is 6.92 Å². The first-order valence-electron chi connectivity index (χ1n) is 8.27. The highest BCUT2D eigenvalue weighted by Crippen LogP contribution is 2.28. The van der Waals surface area contributed by atoms with Crippen LogP contribution in [0.15, 0.2) is 23.0 Å². The number of hydrogen-bond acceptors (Lipinski definition) is 3. The third kappa shape index (κ3) is 2.51. The van der Waals surface area contributed by atoms with E-state index in [1.54, 1.807) is 6.92 Å². The number of hydrogen-bond donors (Lipinski definition) is 2. The van der Waals surface area contributed by atoms with Gasteiger partial charge in [-0.2, -0.15) is 0 Å². The molecule has 2 N–H and O–H groups in total. The fourth-order valence-electron chi connectivity index (χ4n) is 3.89. The molecule has 2 heterocycles. The quantitative estimate of drug-likeness (QED) is 0.903. The lowest BCUT2D eigenvalue weighted by Crippen LogP contribution is -2.39. The second-order valence-electron chi connectivity index (χ2n) is 6.28. The van der Waals surface area contributed by atoms with Crippen molar-refractivity contribution < 1.29 is 14.3 Å². The first kappa shape index (κ1) is 16.6. The summed E-state index contributed by atoms with van der Waals surface area (Å²) in [5.74, 6) is -1.82. The van der Waals surface area contributed by atoms with E-state index in [0.717, 1.165) is 19.4 Å². The average Bonchev–Trinajstić information content (AvgIpc) is 3.05. The molecule has 5 nitrogen and oxygen atoms in total. The van der Waals surface area contributed by atoms with Crippen molar-refractivity contribution in [1.82, 2.24) is 9.88 Å². The number of pyridine rings is 1. The normalized spacial score (nSPS) is 18.9. The van der Waals surface area contributed by atoms with Crippen LogP contribution < -0.4 is 10.9 Å². The van der Waals surface area contributed by atoms with Gasteiger partial charge in [-0.3, -0.25) is 4.79 Å². The first-order valence-corrected chi connectivity index (χ1v) is 8.27. The number of carboxylic acids is 1. The van der Waals surface area contributed by atoms with Crippen molar-refractivity contribution in [3.05, 3.63) is 45.6 Å². The van der Waals surface area contributed by atoms with Gasteiger partial charge in [-0.05, 0) is 38.8 Å². The Morgan fingerprint density at radius 1 is 1.50 bits per heavy atom. The Morgan fingerprint density at radius 2 is 2.25 bits per heavy atom. The van der Waals surface area contributed by atoms with Crippen LogP contribution in [0.4, 0.5) is 4.39 Å². The number of benzene rings is 1. The largest absolute Gasteiger partial charge is 0.478 e. The number of halogens is 1. The van der Waals surface area contributed by atoms with Crippen LogP contribution in [0.25, 0.3) is 10.8 Å². The predicted molar refractivity (Wildman–Crippen MR) is 90.2 cm³/mol. The van der Waals surface area contributed by atoms with E-state index in [-0.39, 0.29) is 28.4 Å². The highest BCUT2D eigenvalue weighted by atomic mass is 19.1. The molecule has 2 unspecified atom stereocenters. The average molecular weight is 332 g/mol. The van der Waals surface area contributed by atoms with E-state index in [2.05, 4.69) is 5.32 Å². The number of aromatic nitrogens is 1. The molecule has 0 aliphatic carbocycles. The summed E-state index contributed by atoms with van der Waals surface area (Å²) < 4.78 is 15.8. The molecule has 2 atom stereocenters. The summed E-state index contributed by atoms with van der Waals surface area (Å²) in [5.41, 5.74) is -0.0714. The van der Waals surface area contributed by atoms with Gasteiger partial charge in [0.1, 0.15) is 5.82 Å². The van der Waals surface area contributed by atoms with Crippen LogP contribution in [0.3, 0.4) is 0 Å². The van der Waals surface area contributed by atoms with E-state index < -0.39 is 17.3 Å². The molecule has 3 rings (SSSR count). The molecule has 1 aromatic carbocycles. The molecule has 2 aromatic rings. The lowest BCUT2D eigenvalue weighted by Gasteiger charge is -2.28. The van der Waals surface area contributed by atoms with Gasteiger partial charge >= 0.3 is 5.97 Å². The SMILES string of the molecule is CCC(C1CCCN1)n1c(C)c(C(=O)O)c2cccc(F)c2c1=O. The van der Waals surface area contributed by atoms with Gasteiger partial charge in [-0.15, -0.1) is 0 Å². The van der Waals surface area contributed by atoms with Crippen molar-refractivity contribution in [2.24, 2.45) is 0 Å². The summed E-state index contributed by atoms with van der Waals surface area (Å²) >= 11 is 0. The van der Waals surface area contributed by atoms with Crippen molar-refractivity contribution >= 4 is 16.7 Å². The zero-order chi connectivity index (χ0) is 17.4. The monoisotopic (exact) mass is 332 g/mol. The van der Waals surface area contributed by atoms with Crippen molar-refractivity contribution in [2.75, 3.05) is 6.54 Å². The molecular formula is C18H21FN2O3. The second kappa shape index (κ2) is 6.36. The summed E-state index contributed by atoms with van der Waals surface area (Å²) in [4.78, 5) is 24.8. The summed E-state index contributed by atoms with van der Waals surface area (Å²) in [7, 11) is 0. The van der Waals surface area contributed by atoms with E-state index >= 15 is 0 Å². The van der Waals surface area contributed by atoms with Gasteiger partial charge in [0.05, 0.1) is 17.0 Å². The van der Waals surface area contributed by atoms with E-state index in [0.29, 0.717) is 12.1 Å². The number of carboxylic acid groups (broad SMARTS) is 1. The van der Waals surface area contributed by atoms with Crippen LogP contribution in [-0.2, 0) is 0 Å². The minimum Gasteiger partial charge on any atom is -0.478 e. The summed E-state index contributed by atoms with van der Waals surface area (Å²) in [6.45, 7) is 4.47. The highest BCUT2D eigenvalue weighted by molar-refractivity contribution is 6.04. The van der Waals surface area contributed by atoms with Gasteiger partial charge in [0.2, 0.25) is 0 Å². The maximum atomic E-state index is 14.3. The molecule has 0 radical (unpaired) electrons. The molecule has 24 heavy (non-hydrogen) atoms. The summed E-state index contributed by atoms with van der Waals surface area (Å²) in [5, 5.41) is 13.0. The van der Waals surface area contributed by atoms with Gasteiger partial charge < -0.3 is 15.0 Å². The predicted octanol–water partition coefficient (Wildman–Crippen LogP) is 2.85. The number of aromatic carboxylic acids is 1. The highest BCUT2D eigenvalue weighted by Gasteiger charge is 2.29. The van der Waals surface area contributed by atoms with Crippen molar-refractivity contribution in [1.29, 1.82) is 0 Å². The molecule has 1 aliphatic heterocycles. The zero-order valence-electron chi connectivity index (χ0n) is 13.8. The van der Waals surface area contributed by atoms with Crippen molar-refractivity contribution in [2.45, 2.75) is 45.2 Å². The Bertz CT molecular complexity index is 853. The minimum atomic E-state index is -1.15. The summed E-state index contributed by atoms with van der Waals surface area (Å²) in [6.07, 6.45) is 2.60. The van der Waals surface area contributed by atoms with E-state index in [1.165, 1.54) is 22.8 Å². The standard InChI is InChI=1S/C18H21FN2O3/c1-3-14(13-8-5-9-20-13)21-10(2)15(18(23)24)11-6-4-7-12(19)16(11)17(21)22/h4,6-7,13-14,20H,3,5,8-9H2,1-2H3,(H,23,24). The molecule has 0 bridgehead atoms. The third-order valence-electron chi connectivity index (χ3n) is 4.97.